The van der Waals surface area contributed by atoms with Gasteiger partial charge in [-0.2, -0.15) is 0 Å². The van der Waals surface area contributed by atoms with Gasteiger partial charge in [0.15, 0.2) is 11.5 Å². The first-order valence-electron chi connectivity index (χ1n) is 18.1. The van der Waals surface area contributed by atoms with Gasteiger partial charge in [-0.15, -0.1) is 0 Å². The molecule has 2 saturated carbocycles. The Morgan fingerprint density at radius 2 is 1.83 bits per heavy atom. The monoisotopic (exact) mass is 657 g/mol. The Balaban J connectivity index is 1.36. The van der Waals surface area contributed by atoms with E-state index in [2.05, 4.69) is 38.7 Å². The molecule has 1 aromatic rings. The Labute approximate surface area is 281 Å². The van der Waals surface area contributed by atoms with Gasteiger partial charge in [0, 0.05) is 48.6 Å². The normalized spacial score (nSPS) is 31.4. The minimum atomic E-state index is -0.943. The van der Waals surface area contributed by atoms with Gasteiger partial charge in [0.05, 0.1) is 32.0 Å². The summed E-state index contributed by atoms with van der Waals surface area (Å²) in [5.41, 5.74) is 0.396. The summed E-state index contributed by atoms with van der Waals surface area (Å²) in [4.78, 5) is 15.7. The first-order chi connectivity index (χ1) is 22.3. The lowest BCUT2D eigenvalue weighted by molar-refractivity contribution is -0.194. The second-order valence-corrected chi connectivity index (χ2v) is 16.3. The number of carbonyl (C=O) groups is 1. The van der Waals surface area contributed by atoms with Gasteiger partial charge in [0.25, 0.3) is 0 Å². The molecular formula is C38H59NO8. The Morgan fingerprint density at radius 3 is 2.53 bits per heavy atom. The molecule has 1 spiro atoms. The summed E-state index contributed by atoms with van der Waals surface area (Å²) >= 11 is 0. The lowest BCUT2D eigenvalue weighted by Gasteiger charge is -2.69. The number of hydrogen-bond acceptors (Lipinski definition) is 9. The highest BCUT2D eigenvalue weighted by molar-refractivity contribution is 5.70. The Hall–Kier alpha value is -1.91. The summed E-state index contributed by atoms with van der Waals surface area (Å²) in [5, 5.41) is 12.3. The average Bonchev–Trinajstić information content (AvgIpc) is 3.78. The molecule has 2 bridgehead atoms. The van der Waals surface area contributed by atoms with Crippen molar-refractivity contribution < 1.29 is 38.3 Å². The molecule has 3 fully saturated rings. The fraction of sp³-hybridized carbons (Fsp3) is 0.816. The minimum absolute atomic E-state index is 0.0640. The van der Waals surface area contributed by atoms with Crippen molar-refractivity contribution in [2.24, 2.45) is 22.7 Å². The van der Waals surface area contributed by atoms with Gasteiger partial charge >= 0.3 is 6.16 Å². The topological polar surface area (TPSA) is 95.9 Å². The third kappa shape index (κ3) is 5.90. The van der Waals surface area contributed by atoms with E-state index >= 15 is 0 Å². The number of piperidine rings is 1. The van der Waals surface area contributed by atoms with Crippen molar-refractivity contribution in [3.05, 3.63) is 23.3 Å². The van der Waals surface area contributed by atoms with Crippen LogP contribution in [0, 0.1) is 22.7 Å². The van der Waals surface area contributed by atoms with Crippen LogP contribution < -0.4 is 9.47 Å². The van der Waals surface area contributed by atoms with E-state index in [9.17, 15) is 9.90 Å². The number of aliphatic hydroxyl groups is 1. The molecule has 1 saturated heterocycles. The number of carbonyl (C=O) groups excluding carboxylic acids is 1. The largest absolute Gasteiger partial charge is 0.514 e. The van der Waals surface area contributed by atoms with Crippen molar-refractivity contribution in [3.8, 4) is 11.5 Å². The quantitative estimate of drug-likeness (QED) is 0.132. The number of rotatable bonds is 15. The highest BCUT2D eigenvalue weighted by Gasteiger charge is 2.75. The molecule has 9 heteroatoms. The van der Waals surface area contributed by atoms with Crippen LogP contribution >= 0.6 is 0 Å². The fourth-order valence-corrected chi connectivity index (χ4v) is 10.0. The van der Waals surface area contributed by atoms with E-state index in [1.807, 2.05) is 19.9 Å². The van der Waals surface area contributed by atoms with E-state index in [4.69, 9.17) is 28.4 Å². The van der Waals surface area contributed by atoms with Crippen LogP contribution in [0.5, 0.6) is 11.5 Å². The Kier molecular flexibility index (Phi) is 9.73. The zero-order valence-electron chi connectivity index (χ0n) is 30.0. The van der Waals surface area contributed by atoms with Crippen molar-refractivity contribution in [3.63, 3.8) is 0 Å². The van der Waals surface area contributed by atoms with Crippen LogP contribution in [0.1, 0.15) is 97.6 Å². The van der Waals surface area contributed by atoms with Crippen molar-refractivity contribution in [2.45, 2.75) is 116 Å². The zero-order chi connectivity index (χ0) is 33.7. The molecule has 9 nitrogen and oxygen atoms in total. The first kappa shape index (κ1) is 34.9. The van der Waals surface area contributed by atoms with Gasteiger partial charge in [-0.05, 0) is 102 Å². The standard InChI is InChI=1S/C38H59NO8/c1-8-43-18-19-44-20-21-45-33(40)46-29-13-12-27-22-30-37(23-28(25-42-7)36(6,41)34(2,3)4)15-9-14-35(5)38(37,31(27)32(29)47-35)16-17-39(30)24-26-10-11-26/h12-13,26,28,30,41H,8-11,14-25H2,1-7H3. The van der Waals surface area contributed by atoms with E-state index in [1.54, 1.807) is 7.11 Å². The van der Waals surface area contributed by atoms with Crippen LogP contribution in [0.25, 0.3) is 0 Å². The third-order valence-electron chi connectivity index (χ3n) is 13.0. The molecule has 0 amide bonds. The summed E-state index contributed by atoms with van der Waals surface area (Å²) in [7, 11) is 1.76. The van der Waals surface area contributed by atoms with Gasteiger partial charge in [-0.3, -0.25) is 4.90 Å². The van der Waals surface area contributed by atoms with Crippen LogP contribution in [0.3, 0.4) is 0 Å². The van der Waals surface area contributed by atoms with Crippen LogP contribution in [-0.4, -0.2) is 93.2 Å². The molecule has 0 radical (unpaired) electrons. The van der Waals surface area contributed by atoms with E-state index in [1.165, 1.54) is 24.0 Å². The number of hydrogen-bond donors (Lipinski definition) is 1. The maximum absolute atomic E-state index is 12.9. The molecule has 47 heavy (non-hydrogen) atoms. The number of nitrogens with zero attached hydrogens (tertiary/aromatic N) is 1. The molecule has 3 aliphatic carbocycles. The third-order valence-corrected chi connectivity index (χ3v) is 13.0. The van der Waals surface area contributed by atoms with Crippen LogP contribution in [0.2, 0.25) is 0 Å². The summed E-state index contributed by atoms with van der Waals surface area (Å²) in [6.45, 7) is 17.3. The summed E-state index contributed by atoms with van der Waals surface area (Å²) in [6, 6.07) is 4.41. The SMILES string of the molecule is CCOCCOCCOC(=O)Oc1ccc2c3c1OC1(C)CCCC4(CC(COC)C(C)(O)C(C)(C)C)C(C2)N(CC2CC2)CCC314. The van der Waals surface area contributed by atoms with Gasteiger partial charge < -0.3 is 33.5 Å². The van der Waals surface area contributed by atoms with E-state index < -0.39 is 17.4 Å². The maximum atomic E-state index is 12.9. The molecule has 2 aliphatic heterocycles. The van der Waals surface area contributed by atoms with Crippen LogP contribution in [-0.2, 0) is 30.8 Å². The summed E-state index contributed by atoms with van der Waals surface area (Å²) in [5.74, 6) is 1.86. The number of benzene rings is 1. The maximum Gasteiger partial charge on any atom is 0.514 e. The summed E-state index contributed by atoms with van der Waals surface area (Å²) < 4.78 is 35.1. The lowest BCUT2D eigenvalue weighted by Crippen LogP contribution is -2.75. The lowest BCUT2D eigenvalue weighted by atomic mass is 9.38. The predicted octanol–water partition coefficient (Wildman–Crippen LogP) is 6.30. The Morgan fingerprint density at radius 1 is 1.09 bits per heavy atom. The molecule has 6 rings (SSSR count). The smallest absolute Gasteiger partial charge is 0.482 e. The van der Waals surface area contributed by atoms with Crippen LogP contribution in [0.4, 0.5) is 4.79 Å². The number of methoxy groups -OCH3 is 1. The van der Waals surface area contributed by atoms with Gasteiger partial charge in [0.1, 0.15) is 12.2 Å². The second kappa shape index (κ2) is 13.1. The molecule has 1 N–H and O–H groups in total. The average molecular weight is 658 g/mol. The van der Waals surface area contributed by atoms with Gasteiger partial charge in [0.2, 0.25) is 0 Å². The fourth-order valence-electron chi connectivity index (χ4n) is 10.0. The van der Waals surface area contributed by atoms with Crippen molar-refractivity contribution >= 4 is 6.16 Å². The molecule has 6 atom stereocenters. The number of likely N-dealkylation sites (tertiary alicyclic amines) is 1. The van der Waals surface area contributed by atoms with Crippen molar-refractivity contribution in [1.29, 1.82) is 0 Å². The molecular weight excluding hydrogens is 598 g/mol. The predicted molar refractivity (Wildman–Crippen MR) is 179 cm³/mol. The first-order valence-corrected chi connectivity index (χ1v) is 18.1. The Bertz CT molecular complexity index is 1290. The number of ether oxygens (including phenoxy) is 6. The van der Waals surface area contributed by atoms with Crippen molar-refractivity contribution in [1.82, 2.24) is 4.90 Å². The molecule has 1 aromatic carbocycles. The molecule has 0 aromatic heterocycles. The highest BCUT2D eigenvalue weighted by Crippen LogP contribution is 2.74. The van der Waals surface area contributed by atoms with E-state index in [0.717, 1.165) is 57.5 Å². The molecule has 2 heterocycles. The minimum Gasteiger partial charge on any atom is -0.482 e. The van der Waals surface area contributed by atoms with Crippen molar-refractivity contribution in [2.75, 3.05) is 59.8 Å². The van der Waals surface area contributed by atoms with Crippen LogP contribution in [0.15, 0.2) is 12.1 Å². The summed E-state index contributed by atoms with van der Waals surface area (Å²) in [6.07, 6.45) is 7.72. The molecule has 264 valence electrons. The highest BCUT2D eigenvalue weighted by atomic mass is 16.7. The molecule has 6 unspecified atom stereocenters. The van der Waals surface area contributed by atoms with Gasteiger partial charge in [-0.1, -0.05) is 26.8 Å². The zero-order valence-corrected chi connectivity index (χ0v) is 30.0. The van der Waals surface area contributed by atoms with E-state index in [-0.39, 0.29) is 35.4 Å². The van der Waals surface area contributed by atoms with Gasteiger partial charge in [-0.25, -0.2) is 4.79 Å². The van der Waals surface area contributed by atoms with E-state index in [0.29, 0.717) is 44.0 Å². The molecule has 5 aliphatic rings. The second-order valence-electron chi connectivity index (χ2n) is 16.3.